The summed E-state index contributed by atoms with van der Waals surface area (Å²) in [5.74, 6) is -1.85. The van der Waals surface area contributed by atoms with Gasteiger partial charge in [0, 0.05) is 0 Å². The molecule has 1 aliphatic rings. The SMILES string of the molecule is O=C(O)COc1ccc(C=C2C(=O)C=CC2=O)c(Cl)c1Cl. The predicted molar refractivity (Wildman–Crippen MR) is 76.7 cm³/mol. The summed E-state index contributed by atoms with van der Waals surface area (Å²) < 4.78 is 4.96. The van der Waals surface area contributed by atoms with Crippen molar-refractivity contribution in [1.29, 1.82) is 0 Å². The second kappa shape index (κ2) is 6.11. The Labute approximate surface area is 129 Å². The zero-order valence-corrected chi connectivity index (χ0v) is 11.9. The molecule has 0 heterocycles. The molecule has 0 aliphatic heterocycles. The van der Waals surface area contributed by atoms with E-state index in [2.05, 4.69) is 0 Å². The number of allylic oxidation sites excluding steroid dienone is 3. The van der Waals surface area contributed by atoms with Crippen LogP contribution in [-0.2, 0) is 14.4 Å². The van der Waals surface area contributed by atoms with E-state index in [9.17, 15) is 14.4 Å². The van der Waals surface area contributed by atoms with Gasteiger partial charge in [0.25, 0.3) is 0 Å². The fourth-order valence-corrected chi connectivity index (χ4v) is 2.10. The minimum Gasteiger partial charge on any atom is -0.480 e. The number of carbonyl (C=O) groups is 3. The summed E-state index contributed by atoms with van der Waals surface area (Å²) in [6.45, 7) is -0.558. The number of carboxylic acids is 1. The summed E-state index contributed by atoms with van der Waals surface area (Å²) in [5, 5.41) is 8.63. The monoisotopic (exact) mass is 326 g/mol. The van der Waals surface area contributed by atoms with Gasteiger partial charge in [-0.15, -0.1) is 0 Å². The number of ether oxygens (including phenoxy) is 1. The van der Waals surface area contributed by atoms with Gasteiger partial charge in [-0.3, -0.25) is 9.59 Å². The van der Waals surface area contributed by atoms with E-state index in [0.29, 0.717) is 5.56 Å². The van der Waals surface area contributed by atoms with Gasteiger partial charge in [0.1, 0.15) is 10.8 Å². The van der Waals surface area contributed by atoms with E-state index in [4.69, 9.17) is 33.0 Å². The standard InChI is InChI=1S/C14H8Cl2O5/c15-13-7(5-8-9(17)2-3-10(8)18)1-4-11(14(13)16)21-6-12(19)20/h1-5H,6H2,(H,19,20). The third kappa shape index (κ3) is 3.32. The first kappa shape index (κ1) is 15.3. The van der Waals surface area contributed by atoms with Crippen molar-refractivity contribution in [2.24, 2.45) is 0 Å². The molecule has 5 nitrogen and oxygen atoms in total. The van der Waals surface area contributed by atoms with Crippen molar-refractivity contribution in [2.75, 3.05) is 6.61 Å². The van der Waals surface area contributed by atoms with Crippen molar-refractivity contribution < 1.29 is 24.2 Å². The molecule has 0 fully saturated rings. The van der Waals surface area contributed by atoms with Gasteiger partial charge in [0.15, 0.2) is 18.2 Å². The zero-order valence-electron chi connectivity index (χ0n) is 10.4. The van der Waals surface area contributed by atoms with Crippen LogP contribution in [0.15, 0.2) is 29.9 Å². The van der Waals surface area contributed by atoms with Crippen LogP contribution in [0.3, 0.4) is 0 Å². The van der Waals surface area contributed by atoms with Crippen LogP contribution in [0.25, 0.3) is 6.08 Å². The van der Waals surface area contributed by atoms with Gasteiger partial charge in [-0.2, -0.15) is 0 Å². The molecule has 0 radical (unpaired) electrons. The summed E-state index contributed by atoms with van der Waals surface area (Å²) in [4.78, 5) is 33.4. The van der Waals surface area contributed by atoms with Crippen LogP contribution in [0.5, 0.6) is 5.75 Å². The molecule has 0 aromatic heterocycles. The minimum absolute atomic E-state index is 0.00725. The lowest BCUT2D eigenvalue weighted by atomic mass is 10.1. The fraction of sp³-hybridized carbons (Fsp3) is 0.0714. The molecule has 0 amide bonds. The Hall–Kier alpha value is -2.11. The molecule has 0 spiro atoms. The van der Waals surface area contributed by atoms with E-state index in [0.717, 1.165) is 0 Å². The topological polar surface area (TPSA) is 80.7 Å². The summed E-state index contributed by atoms with van der Waals surface area (Å²) in [5.41, 5.74) is 0.358. The third-order valence-corrected chi connectivity index (χ3v) is 3.52. The minimum atomic E-state index is -1.15. The highest BCUT2D eigenvalue weighted by atomic mass is 35.5. The molecule has 7 heteroatoms. The van der Waals surface area contributed by atoms with Gasteiger partial charge in [0.2, 0.25) is 0 Å². The number of hydrogen-bond donors (Lipinski definition) is 1. The van der Waals surface area contributed by atoms with Crippen molar-refractivity contribution >= 4 is 46.8 Å². The van der Waals surface area contributed by atoms with Crippen molar-refractivity contribution in [2.45, 2.75) is 0 Å². The predicted octanol–water partition coefficient (Wildman–Crippen LogP) is 2.55. The lowest BCUT2D eigenvalue weighted by molar-refractivity contribution is -0.139. The normalized spacial score (nSPS) is 13.7. The molecule has 1 aliphatic carbocycles. The van der Waals surface area contributed by atoms with Crippen LogP contribution in [0.2, 0.25) is 10.0 Å². The smallest absolute Gasteiger partial charge is 0.341 e. The highest BCUT2D eigenvalue weighted by Crippen LogP contribution is 2.36. The van der Waals surface area contributed by atoms with E-state index < -0.39 is 24.1 Å². The number of carbonyl (C=O) groups excluding carboxylic acids is 2. The van der Waals surface area contributed by atoms with Crippen molar-refractivity contribution in [3.05, 3.63) is 45.5 Å². The van der Waals surface area contributed by atoms with E-state index in [1.807, 2.05) is 0 Å². The van der Waals surface area contributed by atoms with Crippen LogP contribution in [0.1, 0.15) is 5.56 Å². The molecular weight excluding hydrogens is 319 g/mol. The summed E-state index contributed by atoms with van der Waals surface area (Å²) in [6.07, 6.45) is 3.68. The lowest BCUT2D eigenvalue weighted by Gasteiger charge is -2.09. The van der Waals surface area contributed by atoms with Crippen molar-refractivity contribution in [1.82, 2.24) is 0 Å². The Kier molecular flexibility index (Phi) is 4.45. The van der Waals surface area contributed by atoms with Gasteiger partial charge in [-0.1, -0.05) is 23.2 Å². The van der Waals surface area contributed by atoms with Gasteiger partial charge < -0.3 is 9.84 Å². The molecule has 0 unspecified atom stereocenters. The number of aliphatic carboxylic acids is 1. The van der Waals surface area contributed by atoms with Crippen LogP contribution < -0.4 is 4.74 Å². The summed E-state index contributed by atoms with van der Waals surface area (Å²) >= 11 is 12.0. The average Bonchev–Trinajstić information content (AvgIpc) is 2.74. The molecule has 0 saturated carbocycles. The second-order valence-electron chi connectivity index (χ2n) is 4.08. The van der Waals surface area contributed by atoms with Crippen molar-refractivity contribution in [3.63, 3.8) is 0 Å². The van der Waals surface area contributed by atoms with Crippen LogP contribution in [0.4, 0.5) is 0 Å². The number of carboxylic acid groups (broad SMARTS) is 1. The van der Waals surface area contributed by atoms with Gasteiger partial charge in [-0.05, 0) is 35.9 Å². The van der Waals surface area contributed by atoms with E-state index in [-0.39, 0.29) is 21.4 Å². The van der Waals surface area contributed by atoms with Gasteiger partial charge in [0.05, 0.1) is 10.6 Å². The number of rotatable bonds is 4. The Morgan fingerprint density at radius 2 is 1.76 bits per heavy atom. The van der Waals surface area contributed by atoms with Crippen molar-refractivity contribution in [3.8, 4) is 5.75 Å². The molecule has 0 saturated heterocycles. The first-order valence-electron chi connectivity index (χ1n) is 5.71. The first-order chi connectivity index (χ1) is 9.90. The Balaban J connectivity index is 2.33. The maximum atomic E-state index is 11.5. The Morgan fingerprint density at radius 3 is 2.33 bits per heavy atom. The Morgan fingerprint density at radius 1 is 1.14 bits per heavy atom. The average molecular weight is 327 g/mol. The quantitative estimate of drug-likeness (QED) is 0.679. The Bertz CT molecular complexity index is 684. The first-order valence-corrected chi connectivity index (χ1v) is 6.46. The number of benzene rings is 1. The van der Waals surface area contributed by atoms with E-state index in [1.54, 1.807) is 0 Å². The second-order valence-corrected chi connectivity index (χ2v) is 4.84. The molecule has 108 valence electrons. The maximum Gasteiger partial charge on any atom is 0.341 e. The van der Waals surface area contributed by atoms with Crippen LogP contribution in [-0.4, -0.2) is 29.2 Å². The molecule has 1 N–H and O–H groups in total. The highest BCUT2D eigenvalue weighted by Gasteiger charge is 2.21. The number of halogens is 2. The molecule has 21 heavy (non-hydrogen) atoms. The van der Waals surface area contributed by atoms with E-state index >= 15 is 0 Å². The largest absolute Gasteiger partial charge is 0.480 e. The van der Waals surface area contributed by atoms with Gasteiger partial charge in [-0.25, -0.2) is 4.79 Å². The van der Waals surface area contributed by atoms with Gasteiger partial charge >= 0.3 is 5.97 Å². The molecule has 0 atom stereocenters. The summed E-state index contributed by atoms with van der Waals surface area (Å²) in [6, 6.07) is 2.90. The molecule has 2 rings (SSSR count). The summed E-state index contributed by atoms with van der Waals surface area (Å²) in [7, 11) is 0. The third-order valence-electron chi connectivity index (χ3n) is 2.64. The highest BCUT2D eigenvalue weighted by molar-refractivity contribution is 6.44. The fourth-order valence-electron chi connectivity index (χ4n) is 1.66. The van der Waals surface area contributed by atoms with Crippen LogP contribution >= 0.6 is 23.2 Å². The van der Waals surface area contributed by atoms with Crippen LogP contribution in [0, 0.1) is 0 Å². The molecule has 1 aromatic rings. The number of hydrogen-bond acceptors (Lipinski definition) is 4. The molecular formula is C14H8Cl2O5. The molecule has 1 aromatic carbocycles. The van der Waals surface area contributed by atoms with E-state index in [1.165, 1.54) is 30.4 Å². The molecule has 0 bridgehead atoms. The zero-order chi connectivity index (χ0) is 15.6. The number of ketones is 2. The maximum absolute atomic E-state index is 11.5. The lowest BCUT2D eigenvalue weighted by Crippen LogP contribution is -2.09.